The molecule has 0 atom stereocenters. The molecule has 10 heteroatoms. The van der Waals surface area contributed by atoms with Crippen molar-refractivity contribution in [3.05, 3.63) is 37.9 Å². The second-order valence-electron chi connectivity index (χ2n) is 3.63. The Labute approximate surface area is 140 Å². The van der Waals surface area contributed by atoms with Crippen LogP contribution in [0, 0.1) is 0 Å². The molecule has 0 radical (unpaired) electrons. The highest BCUT2D eigenvalue weighted by Gasteiger charge is 2.18. The molecule has 0 unspecified atom stereocenters. The Morgan fingerprint density at radius 1 is 1.05 bits per heavy atom. The average molecular weight is 487 g/mol. The molecule has 0 aliphatic rings. The van der Waals surface area contributed by atoms with Gasteiger partial charge < -0.3 is 5.73 Å². The van der Waals surface area contributed by atoms with Crippen LogP contribution in [0.5, 0.6) is 0 Å². The first-order valence-corrected chi connectivity index (χ1v) is 8.91. The van der Waals surface area contributed by atoms with Crippen LogP contribution in [-0.4, -0.2) is 18.4 Å². The molecule has 0 saturated carbocycles. The fourth-order valence-corrected chi connectivity index (χ4v) is 5.01. The number of halogens is 3. The van der Waals surface area contributed by atoms with Crippen molar-refractivity contribution in [2.75, 3.05) is 10.5 Å². The number of rotatable bonds is 3. The molecule has 6 nitrogen and oxygen atoms in total. The van der Waals surface area contributed by atoms with Gasteiger partial charge in [-0.3, -0.25) is 4.72 Å². The lowest BCUT2D eigenvalue weighted by molar-refractivity contribution is 0.600. The minimum atomic E-state index is -3.79. The Balaban J connectivity index is 2.41. The predicted molar refractivity (Wildman–Crippen MR) is 86.8 cm³/mol. The van der Waals surface area contributed by atoms with Gasteiger partial charge in [-0.05, 0) is 44.0 Å². The van der Waals surface area contributed by atoms with E-state index >= 15 is 0 Å². The minimum absolute atomic E-state index is 0.00922. The van der Waals surface area contributed by atoms with E-state index < -0.39 is 10.0 Å². The Bertz CT molecular complexity index is 727. The lowest BCUT2D eigenvalue weighted by atomic mass is 10.3. The number of nitrogens with zero attached hydrogens (tertiary/aromatic N) is 2. The van der Waals surface area contributed by atoms with Gasteiger partial charge in [-0.2, -0.15) is 0 Å². The highest BCUT2D eigenvalue weighted by Crippen LogP contribution is 2.35. The number of nitrogens with two attached hydrogens (primary N) is 1. The number of aromatic nitrogens is 2. The molecule has 1 aromatic carbocycles. The van der Waals surface area contributed by atoms with Gasteiger partial charge in [0.2, 0.25) is 5.95 Å². The number of hydrogen-bond acceptors (Lipinski definition) is 5. The number of anilines is 2. The fraction of sp³-hybridized carbons (Fsp3) is 0. The predicted octanol–water partition coefficient (Wildman–Crippen LogP) is 3.15. The number of sulfonamides is 1. The number of hydrogen-bond donors (Lipinski definition) is 2. The first-order valence-electron chi connectivity index (χ1n) is 5.04. The van der Waals surface area contributed by atoms with Gasteiger partial charge in [0.1, 0.15) is 4.90 Å². The van der Waals surface area contributed by atoms with Crippen LogP contribution in [0.4, 0.5) is 11.6 Å². The van der Waals surface area contributed by atoms with Gasteiger partial charge in [0.15, 0.2) is 0 Å². The van der Waals surface area contributed by atoms with Gasteiger partial charge >= 0.3 is 0 Å². The van der Waals surface area contributed by atoms with E-state index in [2.05, 4.69) is 62.5 Å². The van der Waals surface area contributed by atoms with Gasteiger partial charge in [-0.25, -0.2) is 18.4 Å². The molecule has 1 heterocycles. The summed E-state index contributed by atoms with van der Waals surface area (Å²) >= 11 is 9.90. The summed E-state index contributed by atoms with van der Waals surface area (Å²) in [6.07, 6.45) is 2.29. The van der Waals surface area contributed by atoms with E-state index in [9.17, 15) is 8.42 Å². The largest absolute Gasteiger partial charge is 0.368 e. The second kappa shape index (κ2) is 5.96. The second-order valence-corrected chi connectivity index (χ2v) is 7.93. The van der Waals surface area contributed by atoms with Crippen LogP contribution >= 0.6 is 47.8 Å². The average Bonchev–Trinajstić information content (AvgIpc) is 2.34. The summed E-state index contributed by atoms with van der Waals surface area (Å²) in [6, 6.07) is 3.45. The maximum atomic E-state index is 12.2. The van der Waals surface area contributed by atoms with Crippen molar-refractivity contribution in [2.45, 2.75) is 4.90 Å². The van der Waals surface area contributed by atoms with Crippen molar-refractivity contribution in [2.24, 2.45) is 0 Å². The van der Waals surface area contributed by atoms with E-state index in [1.54, 1.807) is 12.1 Å². The molecule has 2 aromatic rings. The molecule has 0 spiro atoms. The van der Waals surface area contributed by atoms with Crippen molar-refractivity contribution < 1.29 is 8.42 Å². The third kappa shape index (κ3) is 3.48. The highest BCUT2D eigenvalue weighted by molar-refractivity contribution is 9.11. The van der Waals surface area contributed by atoms with Crippen molar-refractivity contribution in [1.29, 1.82) is 0 Å². The summed E-state index contributed by atoms with van der Waals surface area (Å²) in [7, 11) is -3.79. The number of benzene rings is 1. The van der Waals surface area contributed by atoms with Crippen molar-refractivity contribution in [3.8, 4) is 0 Å². The number of nitrogen functional groups attached to an aromatic ring is 1. The van der Waals surface area contributed by atoms with Gasteiger partial charge in [0, 0.05) is 13.4 Å². The maximum absolute atomic E-state index is 12.2. The van der Waals surface area contributed by atoms with E-state index in [0.717, 1.165) is 16.9 Å². The normalized spacial score (nSPS) is 11.3. The molecule has 106 valence electrons. The summed E-state index contributed by atoms with van der Waals surface area (Å²) in [4.78, 5) is 7.25. The molecule has 1 aromatic heterocycles. The summed E-state index contributed by atoms with van der Waals surface area (Å²) in [5.74, 6) is 0.00922. The zero-order valence-electron chi connectivity index (χ0n) is 9.64. The molecule has 0 aliphatic heterocycles. The molecule has 0 fully saturated rings. The summed E-state index contributed by atoms with van der Waals surface area (Å²) in [5, 5.41) is 0. The van der Waals surface area contributed by atoms with Gasteiger partial charge in [0.05, 0.1) is 18.1 Å². The van der Waals surface area contributed by atoms with E-state index in [1.165, 1.54) is 0 Å². The summed E-state index contributed by atoms with van der Waals surface area (Å²) in [5.41, 5.74) is 5.71. The molecule has 2 rings (SSSR count). The van der Waals surface area contributed by atoms with Crippen molar-refractivity contribution in [3.63, 3.8) is 0 Å². The standard InChI is InChI=1S/C10H7Br3N4O2S/c11-5-1-7(12)9(8(13)2-5)17-20(18,19)6-3-15-10(14)16-4-6/h1-4,17H,(H2,14,15,16). The van der Waals surface area contributed by atoms with Crippen LogP contribution in [0.1, 0.15) is 0 Å². The van der Waals surface area contributed by atoms with Crippen LogP contribution in [0.25, 0.3) is 0 Å². The lowest BCUT2D eigenvalue weighted by Crippen LogP contribution is -2.14. The van der Waals surface area contributed by atoms with Crippen LogP contribution < -0.4 is 10.5 Å². The first-order chi connectivity index (χ1) is 9.29. The SMILES string of the molecule is Nc1ncc(S(=O)(=O)Nc2c(Br)cc(Br)cc2Br)cn1. The Hall–Kier alpha value is -0.710. The molecule has 20 heavy (non-hydrogen) atoms. The van der Waals surface area contributed by atoms with Crippen LogP contribution in [0.3, 0.4) is 0 Å². The van der Waals surface area contributed by atoms with Gasteiger partial charge in [-0.15, -0.1) is 0 Å². The smallest absolute Gasteiger partial charge is 0.265 e. The van der Waals surface area contributed by atoms with Crippen molar-refractivity contribution in [1.82, 2.24) is 9.97 Å². The van der Waals surface area contributed by atoms with E-state index in [4.69, 9.17) is 5.73 Å². The zero-order chi connectivity index (χ0) is 14.9. The summed E-state index contributed by atoms with van der Waals surface area (Å²) < 4.78 is 28.9. The van der Waals surface area contributed by atoms with Gasteiger partial charge in [-0.1, -0.05) is 15.9 Å². The maximum Gasteiger partial charge on any atom is 0.265 e. The molecule has 0 aliphatic carbocycles. The fourth-order valence-electron chi connectivity index (χ4n) is 1.30. The molecule has 0 saturated heterocycles. The number of nitrogens with one attached hydrogen (secondary N) is 1. The monoisotopic (exact) mass is 484 g/mol. The van der Waals surface area contributed by atoms with Crippen LogP contribution in [0.15, 0.2) is 42.8 Å². The quantitative estimate of drug-likeness (QED) is 0.694. The molecular weight excluding hydrogens is 480 g/mol. The Morgan fingerprint density at radius 3 is 2.05 bits per heavy atom. The lowest BCUT2D eigenvalue weighted by Gasteiger charge is -2.11. The third-order valence-electron chi connectivity index (χ3n) is 2.20. The third-order valence-corrected chi connectivity index (χ3v) is 5.21. The van der Waals surface area contributed by atoms with Gasteiger partial charge in [0.25, 0.3) is 10.0 Å². The Kier molecular flexibility index (Phi) is 4.67. The molecular formula is C10H7Br3N4O2S. The van der Waals surface area contributed by atoms with Crippen LogP contribution in [0.2, 0.25) is 0 Å². The zero-order valence-corrected chi connectivity index (χ0v) is 15.2. The van der Waals surface area contributed by atoms with E-state index in [1.807, 2.05) is 0 Å². The minimum Gasteiger partial charge on any atom is -0.368 e. The van der Waals surface area contributed by atoms with Crippen molar-refractivity contribution >= 4 is 69.4 Å². The topological polar surface area (TPSA) is 98.0 Å². The summed E-state index contributed by atoms with van der Waals surface area (Å²) in [6.45, 7) is 0. The highest BCUT2D eigenvalue weighted by atomic mass is 79.9. The first kappa shape index (κ1) is 15.7. The van der Waals surface area contributed by atoms with E-state index in [0.29, 0.717) is 14.6 Å². The molecule has 0 bridgehead atoms. The van der Waals surface area contributed by atoms with Crippen LogP contribution in [-0.2, 0) is 10.0 Å². The van der Waals surface area contributed by atoms with E-state index in [-0.39, 0.29) is 10.8 Å². The molecule has 0 amide bonds. The molecule has 3 N–H and O–H groups in total. The Morgan fingerprint density at radius 2 is 1.55 bits per heavy atom.